The van der Waals surface area contributed by atoms with Gasteiger partial charge in [0.25, 0.3) is 5.91 Å². The molecule has 0 radical (unpaired) electrons. The van der Waals surface area contributed by atoms with Gasteiger partial charge in [0.1, 0.15) is 10.1 Å². The van der Waals surface area contributed by atoms with Gasteiger partial charge in [0.2, 0.25) is 0 Å². The van der Waals surface area contributed by atoms with E-state index >= 15 is 0 Å². The molecule has 0 bridgehead atoms. The summed E-state index contributed by atoms with van der Waals surface area (Å²) in [6, 6.07) is 15.0. The van der Waals surface area contributed by atoms with E-state index < -0.39 is 0 Å². The number of methoxy groups -OCH3 is 1. The maximum absolute atomic E-state index is 12.6. The molecule has 0 unspecified atom stereocenters. The van der Waals surface area contributed by atoms with Gasteiger partial charge in [0.15, 0.2) is 0 Å². The van der Waals surface area contributed by atoms with Gasteiger partial charge in [-0.1, -0.05) is 41.7 Å². The molecule has 0 atom stereocenters. The molecule has 2 aromatic rings. The van der Waals surface area contributed by atoms with Crippen LogP contribution >= 0.6 is 23.5 Å². The maximum atomic E-state index is 12.6. The number of anilines is 1. The summed E-state index contributed by atoms with van der Waals surface area (Å²) in [5.74, 6) is 2.47. The molecule has 124 valence electrons. The molecule has 0 aliphatic carbocycles. The van der Waals surface area contributed by atoms with Crippen LogP contribution in [0.2, 0.25) is 0 Å². The fourth-order valence-electron chi connectivity index (χ4n) is 2.28. The molecule has 1 heterocycles. The van der Waals surface area contributed by atoms with Gasteiger partial charge < -0.3 is 10.1 Å². The minimum absolute atomic E-state index is 0.0996. The van der Waals surface area contributed by atoms with E-state index in [0.29, 0.717) is 5.56 Å². The van der Waals surface area contributed by atoms with Crippen LogP contribution < -0.4 is 10.1 Å². The van der Waals surface area contributed by atoms with Crippen molar-refractivity contribution in [3.8, 4) is 5.75 Å². The molecule has 0 aromatic heterocycles. The average Bonchev–Trinajstić information content (AvgIpc) is 3.14. The highest BCUT2D eigenvalue weighted by Crippen LogP contribution is 2.27. The number of amides is 1. The molecule has 0 fully saturated rings. The number of hydrogen-bond acceptors (Lipinski definition) is 5. The van der Waals surface area contributed by atoms with Gasteiger partial charge in [-0.15, -0.1) is 0 Å². The van der Waals surface area contributed by atoms with Gasteiger partial charge in [0.05, 0.1) is 13.7 Å². The fraction of sp³-hybridized carbons (Fsp3) is 0.222. The van der Waals surface area contributed by atoms with Crippen LogP contribution in [0.4, 0.5) is 5.69 Å². The van der Waals surface area contributed by atoms with Crippen molar-refractivity contribution in [3.05, 3.63) is 59.7 Å². The SMILES string of the molecule is COc1ccc(NC(=O)c2ccccc2CSC2=NCCS2)cc1. The number of rotatable bonds is 5. The van der Waals surface area contributed by atoms with Crippen molar-refractivity contribution >= 4 is 39.5 Å². The van der Waals surface area contributed by atoms with Gasteiger partial charge in [0, 0.05) is 22.8 Å². The molecule has 0 saturated heterocycles. The zero-order valence-electron chi connectivity index (χ0n) is 13.3. The molecule has 3 rings (SSSR count). The molecule has 6 heteroatoms. The van der Waals surface area contributed by atoms with E-state index in [2.05, 4.69) is 10.3 Å². The van der Waals surface area contributed by atoms with Gasteiger partial charge in [-0.2, -0.15) is 0 Å². The van der Waals surface area contributed by atoms with Gasteiger partial charge in [-0.05, 0) is 35.9 Å². The zero-order chi connectivity index (χ0) is 16.8. The van der Waals surface area contributed by atoms with Crippen LogP contribution in [0, 0.1) is 0 Å². The number of carbonyl (C=O) groups is 1. The van der Waals surface area contributed by atoms with Gasteiger partial charge in [-0.25, -0.2) is 0 Å². The summed E-state index contributed by atoms with van der Waals surface area (Å²) >= 11 is 3.48. The van der Waals surface area contributed by atoms with E-state index in [1.165, 1.54) is 0 Å². The van der Waals surface area contributed by atoms with E-state index in [1.54, 1.807) is 30.6 Å². The van der Waals surface area contributed by atoms with E-state index in [-0.39, 0.29) is 5.91 Å². The van der Waals surface area contributed by atoms with Crippen LogP contribution in [0.1, 0.15) is 15.9 Å². The monoisotopic (exact) mass is 358 g/mol. The largest absolute Gasteiger partial charge is 0.497 e. The lowest BCUT2D eigenvalue weighted by Gasteiger charge is -2.10. The number of nitrogens with one attached hydrogen (secondary N) is 1. The Bertz CT molecular complexity index is 745. The Hall–Kier alpha value is -1.92. The van der Waals surface area contributed by atoms with Crippen molar-refractivity contribution < 1.29 is 9.53 Å². The van der Waals surface area contributed by atoms with Crippen molar-refractivity contribution in [3.63, 3.8) is 0 Å². The normalized spacial score (nSPS) is 13.5. The Kier molecular flexibility index (Phi) is 5.82. The smallest absolute Gasteiger partial charge is 0.255 e. The van der Waals surface area contributed by atoms with Crippen LogP contribution in [0.15, 0.2) is 53.5 Å². The predicted octanol–water partition coefficient (Wildman–Crippen LogP) is 4.28. The zero-order valence-corrected chi connectivity index (χ0v) is 15.0. The van der Waals surface area contributed by atoms with Crippen molar-refractivity contribution in [2.45, 2.75) is 5.75 Å². The third-order valence-electron chi connectivity index (χ3n) is 3.52. The first-order chi connectivity index (χ1) is 11.8. The summed E-state index contributed by atoms with van der Waals surface area (Å²) in [5, 5.41) is 2.94. The molecular weight excluding hydrogens is 340 g/mol. The van der Waals surface area contributed by atoms with E-state index in [4.69, 9.17) is 4.74 Å². The summed E-state index contributed by atoms with van der Waals surface area (Å²) in [7, 11) is 1.62. The van der Waals surface area contributed by atoms with Crippen molar-refractivity contribution in [2.75, 3.05) is 24.7 Å². The maximum Gasteiger partial charge on any atom is 0.255 e. The number of aliphatic imine (C=N–C) groups is 1. The van der Waals surface area contributed by atoms with Crippen molar-refractivity contribution in [2.24, 2.45) is 4.99 Å². The highest BCUT2D eigenvalue weighted by Gasteiger charge is 2.14. The molecule has 0 spiro atoms. The first kappa shape index (κ1) is 16.9. The third-order valence-corrected chi connectivity index (χ3v) is 5.82. The standard InChI is InChI=1S/C18H18N2O2S2/c1-22-15-8-6-14(7-9-15)20-17(21)16-5-3-2-4-13(16)12-24-18-19-10-11-23-18/h2-9H,10-12H2,1H3,(H,20,21). The van der Waals surface area contributed by atoms with Gasteiger partial charge in [-0.3, -0.25) is 9.79 Å². The lowest BCUT2D eigenvalue weighted by molar-refractivity contribution is 0.102. The highest BCUT2D eigenvalue weighted by molar-refractivity contribution is 8.38. The number of thioether (sulfide) groups is 2. The topological polar surface area (TPSA) is 50.7 Å². The average molecular weight is 358 g/mol. The Morgan fingerprint density at radius 3 is 2.75 bits per heavy atom. The Morgan fingerprint density at radius 1 is 1.25 bits per heavy atom. The molecular formula is C18H18N2O2S2. The number of carbonyl (C=O) groups excluding carboxylic acids is 1. The molecule has 1 aliphatic heterocycles. The lowest BCUT2D eigenvalue weighted by atomic mass is 10.1. The number of hydrogen-bond donors (Lipinski definition) is 1. The van der Waals surface area contributed by atoms with Crippen LogP contribution in [0.25, 0.3) is 0 Å². The summed E-state index contributed by atoms with van der Waals surface area (Å²) in [6.07, 6.45) is 0. The third kappa shape index (κ3) is 4.33. The molecule has 1 amide bonds. The second kappa shape index (κ2) is 8.26. The number of ether oxygens (including phenoxy) is 1. The minimum atomic E-state index is -0.0996. The van der Waals surface area contributed by atoms with Crippen LogP contribution in [-0.4, -0.2) is 29.7 Å². The molecule has 1 N–H and O–H groups in total. The van der Waals surface area contributed by atoms with Crippen molar-refractivity contribution in [1.82, 2.24) is 0 Å². The minimum Gasteiger partial charge on any atom is -0.497 e. The molecule has 24 heavy (non-hydrogen) atoms. The first-order valence-electron chi connectivity index (χ1n) is 7.59. The van der Waals surface area contributed by atoms with E-state index in [1.807, 2.05) is 48.5 Å². The van der Waals surface area contributed by atoms with Crippen molar-refractivity contribution in [1.29, 1.82) is 0 Å². The second-order valence-corrected chi connectivity index (χ2v) is 7.43. The Balaban J connectivity index is 1.69. The number of benzene rings is 2. The van der Waals surface area contributed by atoms with Crippen LogP contribution in [0.3, 0.4) is 0 Å². The Morgan fingerprint density at radius 2 is 2.04 bits per heavy atom. The summed E-state index contributed by atoms with van der Waals surface area (Å²) in [5.41, 5.74) is 2.46. The van der Waals surface area contributed by atoms with Gasteiger partial charge >= 0.3 is 0 Å². The summed E-state index contributed by atoms with van der Waals surface area (Å²) < 4.78 is 6.24. The predicted molar refractivity (Wildman–Crippen MR) is 103 cm³/mol. The summed E-state index contributed by atoms with van der Waals surface area (Å²) in [4.78, 5) is 17.0. The lowest BCUT2D eigenvalue weighted by Crippen LogP contribution is -2.14. The van der Waals surface area contributed by atoms with E-state index in [9.17, 15) is 4.79 Å². The second-order valence-electron chi connectivity index (χ2n) is 5.12. The first-order valence-corrected chi connectivity index (χ1v) is 9.57. The van der Waals surface area contributed by atoms with Crippen LogP contribution in [0.5, 0.6) is 5.75 Å². The fourth-order valence-corrected chi connectivity index (χ4v) is 4.30. The van der Waals surface area contributed by atoms with E-state index in [0.717, 1.165) is 39.4 Å². The molecule has 0 saturated carbocycles. The highest BCUT2D eigenvalue weighted by atomic mass is 32.2. The quantitative estimate of drug-likeness (QED) is 0.866. The molecule has 1 aliphatic rings. The molecule has 4 nitrogen and oxygen atoms in total. The summed E-state index contributed by atoms with van der Waals surface area (Å²) in [6.45, 7) is 0.895. The number of nitrogens with zero attached hydrogens (tertiary/aromatic N) is 1. The molecule has 2 aromatic carbocycles. The van der Waals surface area contributed by atoms with Crippen LogP contribution in [-0.2, 0) is 5.75 Å². The Labute approximate surface area is 150 Å².